The third-order valence-corrected chi connectivity index (χ3v) is 7.36. The zero-order valence-electron chi connectivity index (χ0n) is 17.9. The first-order valence-electron chi connectivity index (χ1n) is 11.4. The van der Waals surface area contributed by atoms with Crippen LogP contribution in [-0.4, -0.2) is 37.0 Å². The van der Waals surface area contributed by atoms with Gasteiger partial charge in [-0.1, -0.05) is 36.4 Å². The predicted molar refractivity (Wildman–Crippen MR) is 119 cm³/mol. The summed E-state index contributed by atoms with van der Waals surface area (Å²) in [4.78, 5) is 15.1. The van der Waals surface area contributed by atoms with E-state index in [-0.39, 0.29) is 11.3 Å². The van der Waals surface area contributed by atoms with Crippen LogP contribution in [0.4, 0.5) is 0 Å². The van der Waals surface area contributed by atoms with E-state index < -0.39 is 0 Å². The average molecular weight is 405 g/mol. The van der Waals surface area contributed by atoms with Crippen LogP contribution in [-0.2, 0) is 16.8 Å². The Bertz CT molecular complexity index is 896. The van der Waals surface area contributed by atoms with Gasteiger partial charge in [0.05, 0.1) is 7.11 Å². The van der Waals surface area contributed by atoms with Crippen molar-refractivity contribution < 1.29 is 9.53 Å². The predicted octanol–water partition coefficient (Wildman–Crippen LogP) is 4.39. The monoisotopic (exact) mass is 404 g/mol. The summed E-state index contributed by atoms with van der Waals surface area (Å²) >= 11 is 0. The van der Waals surface area contributed by atoms with Gasteiger partial charge in [-0.3, -0.25) is 9.69 Å². The lowest BCUT2D eigenvalue weighted by atomic mass is 9.73. The van der Waals surface area contributed by atoms with Crippen LogP contribution in [0.25, 0.3) is 0 Å². The van der Waals surface area contributed by atoms with Crippen molar-refractivity contribution in [1.82, 2.24) is 10.2 Å². The lowest BCUT2D eigenvalue weighted by Crippen LogP contribution is -2.41. The van der Waals surface area contributed by atoms with Crippen molar-refractivity contribution in [3.63, 3.8) is 0 Å². The lowest BCUT2D eigenvalue weighted by Gasteiger charge is -2.40. The molecule has 4 heteroatoms. The second-order valence-corrected chi connectivity index (χ2v) is 9.44. The maximum Gasteiger partial charge on any atom is 0.220 e. The number of nitrogens with zero attached hydrogens (tertiary/aromatic N) is 1. The van der Waals surface area contributed by atoms with E-state index in [4.69, 9.17) is 4.74 Å². The fourth-order valence-corrected chi connectivity index (χ4v) is 5.55. The molecule has 0 bridgehead atoms. The topological polar surface area (TPSA) is 41.6 Å². The molecule has 0 aromatic heterocycles. The van der Waals surface area contributed by atoms with E-state index in [2.05, 4.69) is 46.6 Å². The van der Waals surface area contributed by atoms with Gasteiger partial charge in [-0.2, -0.15) is 0 Å². The van der Waals surface area contributed by atoms with Gasteiger partial charge in [-0.25, -0.2) is 0 Å². The molecule has 1 spiro atoms. The maximum absolute atomic E-state index is 12.5. The SMILES string of the molecule is COc1ccc(CN2CCC3(CC2)C[C@H](CC(=O)NC2CC2)c2ccccc23)cc1. The van der Waals surface area contributed by atoms with E-state index >= 15 is 0 Å². The Morgan fingerprint density at radius 2 is 1.83 bits per heavy atom. The van der Waals surface area contributed by atoms with E-state index in [1.165, 1.54) is 29.5 Å². The Morgan fingerprint density at radius 3 is 2.53 bits per heavy atom. The molecule has 5 rings (SSSR count). The molecule has 2 fully saturated rings. The van der Waals surface area contributed by atoms with Crippen molar-refractivity contribution in [2.45, 2.75) is 62.4 Å². The Hall–Kier alpha value is -2.33. The first-order valence-corrected chi connectivity index (χ1v) is 11.4. The normalized spacial score (nSPS) is 22.6. The lowest BCUT2D eigenvalue weighted by molar-refractivity contribution is -0.121. The smallest absolute Gasteiger partial charge is 0.220 e. The molecule has 0 radical (unpaired) electrons. The molecule has 30 heavy (non-hydrogen) atoms. The summed E-state index contributed by atoms with van der Waals surface area (Å²) in [7, 11) is 1.71. The maximum atomic E-state index is 12.5. The molecular formula is C26H32N2O2. The second kappa shape index (κ2) is 8.07. The Labute approximate surface area is 179 Å². The minimum atomic E-state index is 0.242. The van der Waals surface area contributed by atoms with Gasteiger partial charge in [-0.15, -0.1) is 0 Å². The number of ether oxygens (including phenoxy) is 1. The van der Waals surface area contributed by atoms with Gasteiger partial charge in [0, 0.05) is 19.0 Å². The summed E-state index contributed by atoms with van der Waals surface area (Å²) in [5.41, 5.74) is 4.52. The molecule has 1 atom stereocenters. The molecule has 2 aromatic rings. The summed E-state index contributed by atoms with van der Waals surface area (Å²) in [5.74, 6) is 1.52. The van der Waals surface area contributed by atoms with Gasteiger partial charge in [0.15, 0.2) is 0 Å². The van der Waals surface area contributed by atoms with E-state index in [1.807, 2.05) is 12.1 Å². The number of hydrogen-bond donors (Lipinski definition) is 1. The Kier molecular flexibility index (Phi) is 5.28. The summed E-state index contributed by atoms with van der Waals surface area (Å²) < 4.78 is 5.28. The number of methoxy groups -OCH3 is 1. The van der Waals surface area contributed by atoms with Gasteiger partial charge in [0.25, 0.3) is 0 Å². The van der Waals surface area contributed by atoms with Crippen molar-refractivity contribution in [3.8, 4) is 5.75 Å². The molecule has 2 aromatic carbocycles. The van der Waals surface area contributed by atoms with E-state index in [0.29, 0.717) is 18.4 Å². The highest BCUT2D eigenvalue weighted by molar-refractivity contribution is 5.78. The standard InChI is InChI=1S/C26H32N2O2/c1-30-22-10-6-19(7-11-22)18-28-14-12-26(13-15-28)17-20(16-25(29)27-21-8-9-21)23-4-2-3-5-24(23)26/h2-7,10-11,20-21H,8-9,12-18H2,1H3,(H,27,29)/t20-/m0/s1. The zero-order valence-corrected chi connectivity index (χ0v) is 17.9. The van der Waals surface area contributed by atoms with Crippen molar-refractivity contribution >= 4 is 5.91 Å². The van der Waals surface area contributed by atoms with Gasteiger partial charge in [0.1, 0.15) is 5.75 Å². The van der Waals surface area contributed by atoms with E-state index in [9.17, 15) is 4.79 Å². The van der Waals surface area contributed by atoms with Crippen LogP contribution in [0.5, 0.6) is 5.75 Å². The summed E-state index contributed by atoms with van der Waals surface area (Å²) in [6.45, 7) is 3.22. The van der Waals surface area contributed by atoms with Crippen LogP contribution in [0.2, 0.25) is 0 Å². The fraction of sp³-hybridized carbons (Fsp3) is 0.500. The molecule has 1 saturated carbocycles. The van der Waals surface area contributed by atoms with Crippen LogP contribution in [0.1, 0.15) is 61.1 Å². The Morgan fingerprint density at radius 1 is 1.10 bits per heavy atom. The van der Waals surface area contributed by atoms with Crippen LogP contribution < -0.4 is 10.1 Å². The molecule has 1 aliphatic heterocycles. The quantitative estimate of drug-likeness (QED) is 0.777. The first kappa shape index (κ1) is 19.6. The summed E-state index contributed by atoms with van der Waals surface area (Å²) in [6.07, 6.45) is 6.44. The number of nitrogens with one attached hydrogen (secondary N) is 1. The minimum absolute atomic E-state index is 0.242. The molecular weight excluding hydrogens is 372 g/mol. The molecule has 0 unspecified atom stereocenters. The summed E-state index contributed by atoms with van der Waals surface area (Å²) in [5, 5.41) is 3.19. The van der Waals surface area contributed by atoms with Gasteiger partial charge in [-0.05, 0) is 85.3 Å². The molecule has 158 valence electrons. The largest absolute Gasteiger partial charge is 0.497 e. The highest BCUT2D eigenvalue weighted by Gasteiger charge is 2.45. The first-order chi connectivity index (χ1) is 14.6. The molecule has 1 saturated heterocycles. The van der Waals surface area contributed by atoms with Crippen LogP contribution >= 0.6 is 0 Å². The third-order valence-electron chi connectivity index (χ3n) is 7.36. The highest BCUT2D eigenvalue weighted by atomic mass is 16.5. The zero-order chi connectivity index (χ0) is 20.6. The van der Waals surface area contributed by atoms with Crippen LogP contribution in [0.3, 0.4) is 0 Å². The minimum Gasteiger partial charge on any atom is -0.497 e. The number of carbonyl (C=O) groups excluding carboxylic acids is 1. The van der Waals surface area contributed by atoms with E-state index in [0.717, 1.165) is 44.6 Å². The molecule has 4 nitrogen and oxygen atoms in total. The molecule has 3 aliphatic rings. The Balaban J connectivity index is 1.25. The number of likely N-dealkylation sites (tertiary alicyclic amines) is 1. The number of fused-ring (bicyclic) bond motifs is 2. The number of carbonyl (C=O) groups is 1. The fourth-order valence-electron chi connectivity index (χ4n) is 5.55. The molecule has 1 heterocycles. The van der Waals surface area contributed by atoms with Crippen molar-refractivity contribution in [2.24, 2.45) is 0 Å². The van der Waals surface area contributed by atoms with Gasteiger partial charge >= 0.3 is 0 Å². The molecule has 1 N–H and O–H groups in total. The van der Waals surface area contributed by atoms with Crippen LogP contribution in [0, 0.1) is 0 Å². The number of benzene rings is 2. The van der Waals surface area contributed by atoms with Crippen molar-refractivity contribution in [3.05, 3.63) is 65.2 Å². The van der Waals surface area contributed by atoms with Gasteiger partial charge < -0.3 is 10.1 Å². The summed E-state index contributed by atoms with van der Waals surface area (Å²) in [6, 6.07) is 17.8. The highest BCUT2D eigenvalue weighted by Crippen LogP contribution is 2.52. The number of rotatable bonds is 6. The van der Waals surface area contributed by atoms with E-state index in [1.54, 1.807) is 7.11 Å². The molecule has 2 aliphatic carbocycles. The van der Waals surface area contributed by atoms with Crippen molar-refractivity contribution in [2.75, 3.05) is 20.2 Å². The average Bonchev–Trinajstić information content (AvgIpc) is 3.54. The van der Waals surface area contributed by atoms with Crippen LogP contribution in [0.15, 0.2) is 48.5 Å². The number of piperidine rings is 1. The number of hydrogen-bond acceptors (Lipinski definition) is 3. The second-order valence-electron chi connectivity index (χ2n) is 9.44. The van der Waals surface area contributed by atoms with Crippen molar-refractivity contribution in [1.29, 1.82) is 0 Å². The molecule has 1 amide bonds. The number of amides is 1. The van der Waals surface area contributed by atoms with Gasteiger partial charge in [0.2, 0.25) is 5.91 Å². The third kappa shape index (κ3) is 3.98.